The monoisotopic (exact) mass is 369 g/mol. The molecule has 0 bridgehead atoms. The second-order valence-electron chi connectivity index (χ2n) is 4.59. The maximum Gasteiger partial charge on any atom is 0.123 e. The molecular weight excluding hydrogens is 356 g/mol. The lowest BCUT2D eigenvalue weighted by molar-refractivity contribution is 0.246. The molecule has 0 saturated carbocycles. The highest BCUT2D eigenvalue weighted by atomic mass is 127. The smallest absolute Gasteiger partial charge is 0.123 e. The first-order chi connectivity index (χ1) is 9.20. The molecule has 1 aliphatic rings. The Balaban J connectivity index is 1.62. The average Bonchev–Trinajstić information content (AvgIpc) is 2.78. The van der Waals surface area contributed by atoms with E-state index >= 15 is 0 Å². The predicted molar refractivity (Wildman–Crippen MR) is 82.2 cm³/mol. The third-order valence-corrected chi connectivity index (χ3v) is 3.79. The number of nitrogens with one attached hydrogen (secondary N) is 1. The Morgan fingerprint density at radius 1 is 1.26 bits per heavy atom. The van der Waals surface area contributed by atoms with Crippen molar-refractivity contribution in [2.24, 2.45) is 0 Å². The maximum atomic E-state index is 13.1. The van der Waals surface area contributed by atoms with Crippen LogP contribution in [-0.4, -0.2) is 12.6 Å². The fraction of sp³-hybridized carbons (Fsp3) is 0.200. The van der Waals surface area contributed by atoms with E-state index in [1.54, 1.807) is 12.1 Å². The van der Waals surface area contributed by atoms with Gasteiger partial charge in [-0.25, -0.2) is 4.39 Å². The van der Waals surface area contributed by atoms with Crippen molar-refractivity contribution < 1.29 is 9.13 Å². The molecule has 3 rings (SSSR count). The Morgan fingerprint density at radius 2 is 2.16 bits per heavy atom. The second kappa shape index (κ2) is 5.36. The zero-order valence-corrected chi connectivity index (χ0v) is 12.4. The van der Waals surface area contributed by atoms with Crippen LogP contribution in [0.4, 0.5) is 10.1 Å². The summed E-state index contributed by atoms with van der Waals surface area (Å²) in [6.45, 7) is 0.719. The van der Waals surface area contributed by atoms with Crippen LogP contribution in [0.3, 0.4) is 0 Å². The minimum atomic E-state index is -0.200. The molecular formula is C15H13FINO. The van der Waals surface area contributed by atoms with Crippen LogP contribution in [0.2, 0.25) is 0 Å². The van der Waals surface area contributed by atoms with Crippen molar-refractivity contribution in [1.82, 2.24) is 0 Å². The van der Waals surface area contributed by atoms with E-state index < -0.39 is 0 Å². The van der Waals surface area contributed by atoms with Crippen LogP contribution in [0.25, 0.3) is 0 Å². The Morgan fingerprint density at radius 3 is 3.00 bits per heavy atom. The van der Waals surface area contributed by atoms with Gasteiger partial charge in [0, 0.05) is 21.2 Å². The van der Waals surface area contributed by atoms with E-state index in [-0.39, 0.29) is 11.9 Å². The van der Waals surface area contributed by atoms with Crippen LogP contribution in [0.15, 0.2) is 42.5 Å². The van der Waals surface area contributed by atoms with Gasteiger partial charge in [-0.05, 0) is 59.0 Å². The van der Waals surface area contributed by atoms with E-state index in [4.69, 9.17) is 4.74 Å². The standard InChI is InChI=1S/C15H13FINO/c16-11-4-5-15-10(6-11)7-14(19-15)9-18-13-3-1-2-12(17)8-13/h1-6,8,14,18H,7,9H2. The van der Waals surface area contributed by atoms with E-state index in [1.807, 2.05) is 12.1 Å². The molecule has 2 aromatic rings. The summed E-state index contributed by atoms with van der Waals surface area (Å²) in [6.07, 6.45) is 0.818. The number of hydrogen-bond acceptors (Lipinski definition) is 2. The zero-order chi connectivity index (χ0) is 13.2. The van der Waals surface area contributed by atoms with Crippen LogP contribution in [0.5, 0.6) is 5.75 Å². The molecule has 0 amide bonds. The van der Waals surface area contributed by atoms with Crippen molar-refractivity contribution in [3.63, 3.8) is 0 Å². The van der Waals surface area contributed by atoms with Crippen molar-refractivity contribution in [1.29, 1.82) is 0 Å². The maximum absolute atomic E-state index is 13.1. The fourth-order valence-electron chi connectivity index (χ4n) is 2.23. The van der Waals surface area contributed by atoms with Crippen LogP contribution >= 0.6 is 22.6 Å². The van der Waals surface area contributed by atoms with Gasteiger partial charge in [-0.3, -0.25) is 0 Å². The zero-order valence-electron chi connectivity index (χ0n) is 10.2. The van der Waals surface area contributed by atoms with E-state index in [2.05, 4.69) is 40.0 Å². The summed E-state index contributed by atoms with van der Waals surface area (Å²) in [5, 5.41) is 3.35. The molecule has 0 radical (unpaired) electrons. The third kappa shape index (κ3) is 3.00. The van der Waals surface area contributed by atoms with Crippen molar-refractivity contribution in [3.8, 4) is 5.75 Å². The first kappa shape index (κ1) is 12.7. The average molecular weight is 369 g/mol. The largest absolute Gasteiger partial charge is 0.488 e. The van der Waals surface area contributed by atoms with Gasteiger partial charge in [0.25, 0.3) is 0 Å². The number of fused-ring (bicyclic) bond motifs is 1. The SMILES string of the molecule is Fc1ccc2c(c1)CC(CNc1cccc(I)c1)O2. The summed E-state index contributed by atoms with van der Waals surface area (Å²) in [6, 6.07) is 12.9. The molecule has 1 atom stereocenters. The molecule has 0 aliphatic carbocycles. The van der Waals surface area contributed by atoms with E-state index in [0.717, 1.165) is 30.0 Å². The highest BCUT2D eigenvalue weighted by Gasteiger charge is 2.22. The summed E-state index contributed by atoms with van der Waals surface area (Å²) in [4.78, 5) is 0. The number of halogens is 2. The molecule has 0 fully saturated rings. The lowest BCUT2D eigenvalue weighted by atomic mass is 10.1. The summed E-state index contributed by atoms with van der Waals surface area (Å²) in [5.41, 5.74) is 2.03. The van der Waals surface area contributed by atoms with Gasteiger partial charge < -0.3 is 10.1 Å². The molecule has 4 heteroatoms. The van der Waals surface area contributed by atoms with Gasteiger partial charge >= 0.3 is 0 Å². The number of anilines is 1. The fourth-order valence-corrected chi connectivity index (χ4v) is 2.78. The Kier molecular flexibility index (Phi) is 3.59. The van der Waals surface area contributed by atoms with Crippen LogP contribution in [0, 0.1) is 9.39 Å². The summed E-state index contributed by atoms with van der Waals surface area (Å²) >= 11 is 2.28. The third-order valence-electron chi connectivity index (χ3n) is 3.12. The number of ether oxygens (including phenoxy) is 1. The molecule has 19 heavy (non-hydrogen) atoms. The number of rotatable bonds is 3. The van der Waals surface area contributed by atoms with E-state index in [0.29, 0.717) is 0 Å². The van der Waals surface area contributed by atoms with E-state index in [9.17, 15) is 4.39 Å². The molecule has 1 N–H and O–H groups in total. The minimum absolute atomic E-state index is 0.0645. The van der Waals surface area contributed by atoms with Gasteiger partial charge in [-0.1, -0.05) is 6.07 Å². The molecule has 0 saturated heterocycles. The van der Waals surface area contributed by atoms with E-state index in [1.165, 1.54) is 9.64 Å². The van der Waals surface area contributed by atoms with Crippen LogP contribution in [-0.2, 0) is 6.42 Å². The van der Waals surface area contributed by atoms with Crippen molar-refractivity contribution in [3.05, 3.63) is 57.4 Å². The quantitative estimate of drug-likeness (QED) is 0.831. The Hall–Kier alpha value is -1.30. The summed E-state index contributed by atoms with van der Waals surface area (Å²) < 4.78 is 20.1. The highest BCUT2D eigenvalue weighted by molar-refractivity contribution is 14.1. The van der Waals surface area contributed by atoms with Crippen molar-refractivity contribution in [2.45, 2.75) is 12.5 Å². The van der Waals surface area contributed by atoms with Crippen LogP contribution < -0.4 is 10.1 Å². The van der Waals surface area contributed by atoms with Gasteiger partial charge in [0.1, 0.15) is 17.7 Å². The Labute approximate surface area is 125 Å². The predicted octanol–water partition coefficient (Wildman–Crippen LogP) is 3.85. The molecule has 2 aromatic carbocycles. The number of hydrogen-bond donors (Lipinski definition) is 1. The number of benzene rings is 2. The summed E-state index contributed by atoms with van der Waals surface area (Å²) in [5.74, 6) is 0.601. The minimum Gasteiger partial charge on any atom is -0.488 e. The Bertz CT molecular complexity index is 602. The summed E-state index contributed by atoms with van der Waals surface area (Å²) in [7, 11) is 0. The van der Waals surface area contributed by atoms with Gasteiger partial charge in [-0.15, -0.1) is 0 Å². The first-order valence-corrected chi connectivity index (χ1v) is 7.23. The molecule has 1 unspecified atom stereocenters. The first-order valence-electron chi connectivity index (χ1n) is 6.15. The molecule has 2 nitrogen and oxygen atoms in total. The molecule has 1 heterocycles. The van der Waals surface area contributed by atoms with Gasteiger partial charge in [0.2, 0.25) is 0 Å². The van der Waals surface area contributed by atoms with Crippen molar-refractivity contribution >= 4 is 28.3 Å². The van der Waals surface area contributed by atoms with Crippen LogP contribution in [0.1, 0.15) is 5.56 Å². The van der Waals surface area contributed by atoms with Gasteiger partial charge in [0.05, 0.1) is 6.54 Å². The molecule has 98 valence electrons. The lowest BCUT2D eigenvalue weighted by Gasteiger charge is -2.13. The molecule has 0 spiro atoms. The molecule has 1 aliphatic heterocycles. The lowest BCUT2D eigenvalue weighted by Crippen LogP contribution is -2.23. The topological polar surface area (TPSA) is 21.3 Å². The second-order valence-corrected chi connectivity index (χ2v) is 5.83. The highest BCUT2D eigenvalue weighted by Crippen LogP contribution is 2.29. The van der Waals surface area contributed by atoms with Gasteiger partial charge in [-0.2, -0.15) is 0 Å². The normalized spacial score (nSPS) is 16.8. The molecule has 0 aromatic heterocycles. The van der Waals surface area contributed by atoms with Gasteiger partial charge in [0.15, 0.2) is 0 Å². The van der Waals surface area contributed by atoms with Crippen molar-refractivity contribution in [2.75, 3.05) is 11.9 Å².